The van der Waals surface area contributed by atoms with Crippen molar-refractivity contribution < 1.29 is 0 Å². The third-order valence-corrected chi connectivity index (χ3v) is 3.00. The number of hydrogen-bond acceptors (Lipinski definition) is 0. The van der Waals surface area contributed by atoms with Crippen molar-refractivity contribution in [2.24, 2.45) is 5.41 Å². The average molecular weight is 174 g/mol. The molecule has 12 heavy (non-hydrogen) atoms. The molecule has 0 saturated heterocycles. The second kappa shape index (κ2) is 11.0. The van der Waals surface area contributed by atoms with Crippen molar-refractivity contribution in [3.63, 3.8) is 0 Å². The van der Waals surface area contributed by atoms with Gasteiger partial charge in [0.05, 0.1) is 0 Å². The molecule has 0 aliphatic rings. The lowest BCUT2D eigenvalue weighted by Crippen LogP contribution is -2.15. The lowest BCUT2D eigenvalue weighted by molar-refractivity contribution is 0.240. The normalized spacial score (nSPS) is 9.50. The van der Waals surface area contributed by atoms with E-state index in [0.29, 0.717) is 5.41 Å². The van der Waals surface area contributed by atoms with E-state index in [1.807, 2.05) is 13.8 Å². The highest BCUT2D eigenvalue weighted by atomic mass is 14.3. The predicted molar refractivity (Wildman–Crippen MR) is 61.7 cm³/mol. The van der Waals surface area contributed by atoms with Gasteiger partial charge in [-0.25, -0.2) is 0 Å². The van der Waals surface area contributed by atoms with Gasteiger partial charge in [-0.15, -0.1) is 0 Å². The first-order valence-corrected chi connectivity index (χ1v) is 5.24. The molecular formula is C12H30. The minimum absolute atomic E-state index is 0. The van der Waals surface area contributed by atoms with Gasteiger partial charge in [-0.1, -0.05) is 74.7 Å². The van der Waals surface area contributed by atoms with Crippen LogP contribution in [0.1, 0.15) is 74.7 Å². The summed E-state index contributed by atoms with van der Waals surface area (Å²) in [6.07, 6.45) is 5.38. The smallest absolute Gasteiger partial charge is 0.0308 e. The van der Waals surface area contributed by atoms with Crippen molar-refractivity contribution in [3.05, 3.63) is 0 Å². The molecule has 0 aromatic carbocycles. The lowest BCUT2D eigenvalue weighted by Gasteiger charge is -2.28. The summed E-state index contributed by atoms with van der Waals surface area (Å²) in [4.78, 5) is 0. The molecule has 0 nitrogen and oxygen atoms in total. The molecule has 0 heterocycles. The third-order valence-electron chi connectivity index (χ3n) is 3.00. The van der Waals surface area contributed by atoms with Gasteiger partial charge < -0.3 is 0 Å². The Balaban J connectivity index is -0.000000249. The Morgan fingerprint density at radius 1 is 0.667 bits per heavy atom. The van der Waals surface area contributed by atoms with Gasteiger partial charge in [0.2, 0.25) is 0 Å². The molecule has 0 heteroatoms. The molecular weight excluding hydrogens is 144 g/mol. The Labute approximate surface area is 80.8 Å². The Bertz CT molecular complexity index is 42.9. The van der Waals surface area contributed by atoms with E-state index in [0.717, 1.165) is 0 Å². The van der Waals surface area contributed by atoms with Gasteiger partial charge in [-0.3, -0.25) is 0 Å². The average Bonchev–Trinajstić information content (AvgIpc) is 2.13. The Kier molecular flexibility index (Phi) is 16.4. The van der Waals surface area contributed by atoms with Crippen LogP contribution in [0.25, 0.3) is 0 Å². The number of hydrogen-bond donors (Lipinski definition) is 0. The molecule has 0 fully saturated rings. The second-order valence-corrected chi connectivity index (χ2v) is 2.91. The van der Waals surface area contributed by atoms with Crippen molar-refractivity contribution in [3.8, 4) is 0 Å². The molecule has 0 atom stereocenters. The summed E-state index contributed by atoms with van der Waals surface area (Å²) in [7, 11) is 0. The molecule has 78 valence electrons. The summed E-state index contributed by atoms with van der Waals surface area (Å²) in [5.41, 5.74) is 0.667. The molecule has 0 N–H and O–H groups in total. The molecule has 0 aliphatic carbocycles. The largest absolute Gasteiger partial charge is 0.0776 e. The van der Waals surface area contributed by atoms with Crippen LogP contribution in [0.4, 0.5) is 0 Å². The third kappa shape index (κ3) is 5.62. The molecule has 0 saturated carbocycles. The second-order valence-electron chi connectivity index (χ2n) is 2.91. The van der Waals surface area contributed by atoms with Gasteiger partial charge >= 0.3 is 0 Å². The maximum Gasteiger partial charge on any atom is -0.0308 e. The zero-order valence-corrected chi connectivity index (χ0v) is 9.33. The maximum atomic E-state index is 2.30. The molecule has 0 amide bonds. The first-order valence-electron chi connectivity index (χ1n) is 5.24. The fourth-order valence-corrected chi connectivity index (χ4v) is 1.50. The van der Waals surface area contributed by atoms with E-state index in [9.17, 15) is 0 Å². The van der Waals surface area contributed by atoms with Crippen LogP contribution in [-0.2, 0) is 0 Å². The van der Waals surface area contributed by atoms with Gasteiger partial charge in [-0.2, -0.15) is 0 Å². The summed E-state index contributed by atoms with van der Waals surface area (Å²) in [5, 5.41) is 0. The van der Waals surface area contributed by atoms with Crippen molar-refractivity contribution in [1.29, 1.82) is 0 Å². The molecule has 0 aliphatic heterocycles. The summed E-state index contributed by atoms with van der Waals surface area (Å²) < 4.78 is 0. The van der Waals surface area contributed by atoms with Crippen molar-refractivity contribution in [2.45, 2.75) is 74.7 Å². The zero-order chi connectivity index (χ0) is 9.33. The maximum absolute atomic E-state index is 2.30. The van der Waals surface area contributed by atoms with E-state index in [2.05, 4.69) is 27.7 Å². The zero-order valence-electron chi connectivity index (χ0n) is 9.33. The fourth-order valence-electron chi connectivity index (χ4n) is 1.50. The fraction of sp³-hybridized carbons (Fsp3) is 1.00. The Morgan fingerprint density at radius 2 is 0.833 bits per heavy atom. The van der Waals surface area contributed by atoms with Gasteiger partial charge in [0.15, 0.2) is 0 Å². The topological polar surface area (TPSA) is 0 Å². The van der Waals surface area contributed by atoms with E-state index in [-0.39, 0.29) is 7.43 Å². The van der Waals surface area contributed by atoms with E-state index >= 15 is 0 Å². The van der Waals surface area contributed by atoms with Crippen LogP contribution in [-0.4, -0.2) is 0 Å². The van der Waals surface area contributed by atoms with Gasteiger partial charge in [-0.05, 0) is 5.41 Å². The highest BCUT2D eigenvalue weighted by molar-refractivity contribution is 4.72. The van der Waals surface area contributed by atoms with E-state index in [4.69, 9.17) is 0 Å². The molecule has 0 aromatic heterocycles. The van der Waals surface area contributed by atoms with E-state index in [1.54, 1.807) is 0 Å². The highest BCUT2D eigenvalue weighted by Crippen LogP contribution is 2.33. The standard InChI is InChI=1S/C9H20.C2H6.CH4/c1-5-9(6-2,7-3)8-4;1-2;/h5-8H2,1-4H3;1-2H3;1H4. The van der Waals surface area contributed by atoms with Gasteiger partial charge in [0.25, 0.3) is 0 Å². The van der Waals surface area contributed by atoms with Gasteiger partial charge in [0, 0.05) is 0 Å². The van der Waals surface area contributed by atoms with Gasteiger partial charge in [0.1, 0.15) is 0 Å². The summed E-state index contributed by atoms with van der Waals surface area (Å²) in [6.45, 7) is 13.2. The first-order chi connectivity index (χ1) is 5.24. The van der Waals surface area contributed by atoms with Crippen LogP contribution in [0, 0.1) is 5.41 Å². The highest BCUT2D eigenvalue weighted by Gasteiger charge is 2.20. The Morgan fingerprint density at radius 3 is 0.833 bits per heavy atom. The summed E-state index contributed by atoms with van der Waals surface area (Å²) in [6, 6.07) is 0. The molecule has 0 rings (SSSR count). The predicted octanol–water partition coefficient (Wildman–Crippen LogP) is 5.28. The molecule has 0 radical (unpaired) electrons. The Hall–Kier alpha value is 0. The summed E-state index contributed by atoms with van der Waals surface area (Å²) >= 11 is 0. The first kappa shape index (κ1) is 17.9. The van der Waals surface area contributed by atoms with Crippen LogP contribution < -0.4 is 0 Å². The minimum atomic E-state index is 0. The van der Waals surface area contributed by atoms with Crippen LogP contribution in [0.2, 0.25) is 0 Å². The monoisotopic (exact) mass is 174 g/mol. The quantitative estimate of drug-likeness (QED) is 0.544. The van der Waals surface area contributed by atoms with E-state index in [1.165, 1.54) is 25.7 Å². The van der Waals surface area contributed by atoms with Crippen LogP contribution in [0.15, 0.2) is 0 Å². The lowest BCUT2D eigenvalue weighted by atomic mass is 9.78. The van der Waals surface area contributed by atoms with Crippen molar-refractivity contribution in [2.75, 3.05) is 0 Å². The molecule has 0 bridgehead atoms. The van der Waals surface area contributed by atoms with Crippen molar-refractivity contribution in [1.82, 2.24) is 0 Å². The van der Waals surface area contributed by atoms with E-state index < -0.39 is 0 Å². The van der Waals surface area contributed by atoms with Crippen molar-refractivity contribution >= 4 is 0 Å². The molecule has 0 aromatic rings. The number of rotatable bonds is 4. The van der Waals surface area contributed by atoms with Crippen LogP contribution >= 0.6 is 0 Å². The van der Waals surface area contributed by atoms with Crippen LogP contribution in [0.5, 0.6) is 0 Å². The summed E-state index contributed by atoms with van der Waals surface area (Å²) in [5.74, 6) is 0. The SMILES string of the molecule is C.CC.CCC(CC)(CC)CC. The molecule has 0 unspecified atom stereocenters. The minimum Gasteiger partial charge on any atom is -0.0776 e. The van der Waals surface area contributed by atoms with Crippen LogP contribution in [0.3, 0.4) is 0 Å². The molecule has 0 spiro atoms.